The Hall–Kier alpha value is -1.39. The molecule has 0 atom stereocenters. The van der Waals surface area contributed by atoms with E-state index >= 15 is 0 Å². The van der Waals surface area contributed by atoms with E-state index in [1.807, 2.05) is 12.1 Å². The first-order chi connectivity index (χ1) is 8.31. The lowest BCUT2D eigenvalue weighted by Crippen LogP contribution is -2.43. The van der Waals surface area contributed by atoms with Crippen LogP contribution in [0, 0.1) is 5.92 Å². The molecule has 1 amide bonds. The van der Waals surface area contributed by atoms with Crippen molar-refractivity contribution in [2.45, 2.75) is 6.42 Å². The Morgan fingerprint density at radius 3 is 3.06 bits per heavy atom. The van der Waals surface area contributed by atoms with Crippen LogP contribution >= 0.6 is 11.3 Å². The van der Waals surface area contributed by atoms with Crippen molar-refractivity contribution in [2.75, 3.05) is 18.4 Å². The highest BCUT2D eigenvalue weighted by molar-refractivity contribution is 7.17. The fourth-order valence-corrected chi connectivity index (χ4v) is 2.78. The molecule has 1 fully saturated rings. The second-order valence-corrected chi connectivity index (χ2v) is 5.40. The van der Waals surface area contributed by atoms with Gasteiger partial charge in [0.25, 0.3) is 0 Å². The lowest BCUT2D eigenvalue weighted by Gasteiger charge is -2.26. The largest absolute Gasteiger partial charge is 0.326 e. The van der Waals surface area contributed by atoms with E-state index in [1.165, 1.54) is 10.1 Å². The molecular formula is C13H14N2OS. The van der Waals surface area contributed by atoms with Crippen LogP contribution in [-0.2, 0) is 4.79 Å². The van der Waals surface area contributed by atoms with E-state index in [0.717, 1.165) is 18.8 Å². The summed E-state index contributed by atoms with van der Waals surface area (Å²) in [5.41, 5.74) is 0.896. The fourth-order valence-electron chi connectivity index (χ4n) is 2.01. The smallest absolute Gasteiger partial charge is 0.224 e. The molecule has 1 aliphatic rings. The fraction of sp³-hybridized carbons (Fsp3) is 0.308. The van der Waals surface area contributed by atoms with E-state index in [2.05, 4.69) is 28.1 Å². The third-order valence-electron chi connectivity index (χ3n) is 3.08. The van der Waals surface area contributed by atoms with Crippen molar-refractivity contribution in [1.82, 2.24) is 5.32 Å². The van der Waals surface area contributed by atoms with Crippen LogP contribution in [-0.4, -0.2) is 19.0 Å². The van der Waals surface area contributed by atoms with Crippen molar-refractivity contribution in [3.05, 3.63) is 29.6 Å². The molecule has 0 aliphatic carbocycles. The molecule has 2 N–H and O–H groups in total. The molecule has 4 heteroatoms. The zero-order chi connectivity index (χ0) is 11.7. The number of thiophene rings is 1. The number of rotatable bonds is 3. The minimum atomic E-state index is 0.117. The first kappa shape index (κ1) is 10.7. The number of carbonyl (C=O) groups is 1. The molecular weight excluding hydrogens is 232 g/mol. The Labute approximate surface area is 104 Å². The van der Waals surface area contributed by atoms with E-state index in [9.17, 15) is 4.79 Å². The second-order valence-electron chi connectivity index (χ2n) is 4.45. The first-order valence-electron chi connectivity index (χ1n) is 5.79. The van der Waals surface area contributed by atoms with Crippen LogP contribution in [0.5, 0.6) is 0 Å². The monoisotopic (exact) mass is 246 g/mol. The van der Waals surface area contributed by atoms with Crippen LogP contribution in [0.15, 0.2) is 29.6 Å². The third-order valence-corrected chi connectivity index (χ3v) is 3.97. The molecule has 0 radical (unpaired) electrons. The van der Waals surface area contributed by atoms with Crippen LogP contribution in [0.4, 0.5) is 5.69 Å². The Morgan fingerprint density at radius 2 is 2.29 bits per heavy atom. The number of benzene rings is 1. The van der Waals surface area contributed by atoms with E-state index in [-0.39, 0.29) is 5.91 Å². The molecule has 0 bridgehead atoms. The summed E-state index contributed by atoms with van der Waals surface area (Å²) in [5.74, 6) is 0.631. The van der Waals surface area contributed by atoms with Gasteiger partial charge in [0.15, 0.2) is 0 Å². The van der Waals surface area contributed by atoms with E-state index in [1.54, 1.807) is 11.3 Å². The average molecular weight is 246 g/mol. The normalized spacial score (nSPS) is 15.8. The zero-order valence-corrected chi connectivity index (χ0v) is 10.2. The number of nitrogens with one attached hydrogen (secondary N) is 2. The van der Waals surface area contributed by atoms with Gasteiger partial charge in [-0.1, -0.05) is 0 Å². The third kappa shape index (κ3) is 2.33. The van der Waals surface area contributed by atoms with E-state index in [0.29, 0.717) is 12.3 Å². The SMILES string of the molecule is O=C(CC1CNC1)Nc1ccc2sccc2c1. The molecule has 2 aromatic rings. The average Bonchev–Trinajstić information content (AvgIpc) is 2.71. The molecule has 0 spiro atoms. The highest BCUT2D eigenvalue weighted by Gasteiger charge is 2.19. The van der Waals surface area contributed by atoms with Crippen molar-refractivity contribution in [1.29, 1.82) is 0 Å². The molecule has 0 unspecified atom stereocenters. The van der Waals surface area contributed by atoms with Gasteiger partial charge >= 0.3 is 0 Å². The molecule has 3 nitrogen and oxygen atoms in total. The number of carbonyl (C=O) groups excluding carboxylic acids is 1. The number of fused-ring (bicyclic) bond motifs is 1. The predicted octanol–water partition coefficient (Wildman–Crippen LogP) is 2.45. The van der Waals surface area contributed by atoms with Crippen molar-refractivity contribution in [3.8, 4) is 0 Å². The summed E-state index contributed by atoms with van der Waals surface area (Å²) in [6.45, 7) is 1.94. The van der Waals surface area contributed by atoms with Crippen LogP contribution in [0.1, 0.15) is 6.42 Å². The minimum absolute atomic E-state index is 0.117. The molecule has 1 aromatic carbocycles. The molecule has 1 aromatic heterocycles. The highest BCUT2D eigenvalue weighted by Crippen LogP contribution is 2.24. The lowest BCUT2D eigenvalue weighted by molar-refractivity contribution is -0.117. The summed E-state index contributed by atoms with van der Waals surface area (Å²) in [6, 6.07) is 8.13. The van der Waals surface area contributed by atoms with Gasteiger partial charge in [-0.25, -0.2) is 0 Å². The van der Waals surface area contributed by atoms with Crippen LogP contribution < -0.4 is 10.6 Å². The van der Waals surface area contributed by atoms with E-state index in [4.69, 9.17) is 0 Å². The Bertz CT molecular complexity index is 545. The van der Waals surface area contributed by atoms with E-state index < -0.39 is 0 Å². The second kappa shape index (κ2) is 4.47. The summed E-state index contributed by atoms with van der Waals surface area (Å²) in [6.07, 6.45) is 0.620. The van der Waals surface area contributed by atoms with Gasteiger partial charge in [0, 0.05) is 16.8 Å². The molecule has 2 heterocycles. The predicted molar refractivity (Wildman–Crippen MR) is 71.4 cm³/mol. The molecule has 1 aliphatic heterocycles. The van der Waals surface area contributed by atoms with Gasteiger partial charge in [-0.3, -0.25) is 4.79 Å². The molecule has 0 saturated carbocycles. The van der Waals surface area contributed by atoms with Crippen LogP contribution in [0.2, 0.25) is 0 Å². The van der Waals surface area contributed by atoms with Gasteiger partial charge in [0.05, 0.1) is 0 Å². The Balaban J connectivity index is 1.68. The summed E-state index contributed by atoms with van der Waals surface area (Å²) in [4.78, 5) is 11.8. The Kier molecular flexibility index (Phi) is 2.82. The van der Waals surface area contributed by atoms with Gasteiger partial charge in [-0.05, 0) is 54.0 Å². The minimum Gasteiger partial charge on any atom is -0.326 e. The van der Waals surface area contributed by atoms with Gasteiger partial charge in [0.2, 0.25) is 5.91 Å². The van der Waals surface area contributed by atoms with Crippen LogP contribution in [0.3, 0.4) is 0 Å². The quantitative estimate of drug-likeness (QED) is 0.873. The number of hydrogen-bond acceptors (Lipinski definition) is 3. The van der Waals surface area contributed by atoms with Gasteiger partial charge in [-0.2, -0.15) is 0 Å². The van der Waals surface area contributed by atoms with Crippen molar-refractivity contribution in [2.24, 2.45) is 5.92 Å². The van der Waals surface area contributed by atoms with Gasteiger partial charge in [0.1, 0.15) is 0 Å². The topological polar surface area (TPSA) is 41.1 Å². The molecule has 1 saturated heterocycles. The maximum Gasteiger partial charge on any atom is 0.224 e. The molecule has 3 rings (SSSR count). The van der Waals surface area contributed by atoms with Crippen molar-refractivity contribution in [3.63, 3.8) is 0 Å². The summed E-state index contributed by atoms with van der Waals surface area (Å²) in [5, 5.41) is 9.39. The van der Waals surface area contributed by atoms with Gasteiger partial charge < -0.3 is 10.6 Å². The summed E-state index contributed by atoms with van der Waals surface area (Å²) < 4.78 is 1.26. The molecule has 88 valence electrons. The van der Waals surface area contributed by atoms with Crippen molar-refractivity contribution >= 4 is 33.0 Å². The number of hydrogen-bond donors (Lipinski definition) is 2. The summed E-state index contributed by atoms with van der Waals surface area (Å²) in [7, 11) is 0. The van der Waals surface area contributed by atoms with Crippen LogP contribution in [0.25, 0.3) is 10.1 Å². The van der Waals surface area contributed by atoms with Gasteiger partial charge in [-0.15, -0.1) is 11.3 Å². The number of amides is 1. The standard InChI is InChI=1S/C13H14N2OS/c16-13(5-9-7-14-8-9)15-11-1-2-12-10(6-11)3-4-17-12/h1-4,6,9,14H,5,7-8H2,(H,15,16). The Morgan fingerprint density at radius 1 is 1.41 bits per heavy atom. The van der Waals surface area contributed by atoms with Crippen molar-refractivity contribution < 1.29 is 4.79 Å². The first-order valence-corrected chi connectivity index (χ1v) is 6.67. The lowest BCUT2D eigenvalue weighted by atomic mass is 9.99. The zero-order valence-electron chi connectivity index (χ0n) is 9.40. The number of anilines is 1. The maximum absolute atomic E-state index is 11.8. The molecule has 17 heavy (non-hydrogen) atoms. The maximum atomic E-state index is 11.8. The summed E-state index contributed by atoms with van der Waals surface area (Å²) >= 11 is 1.72. The highest BCUT2D eigenvalue weighted by atomic mass is 32.1.